The minimum Gasteiger partial charge on any atom is -0.266 e. The van der Waals surface area contributed by atoms with E-state index in [2.05, 4.69) is 18.8 Å². The Hall–Kier alpha value is -1.43. The number of sulfonamides is 1. The highest BCUT2D eigenvalue weighted by molar-refractivity contribution is 7.90. The molecule has 3 atom stereocenters. The van der Waals surface area contributed by atoms with E-state index in [0.717, 1.165) is 23.6 Å². The predicted molar refractivity (Wildman–Crippen MR) is 81.5 cm³/mol. The van der Waals surface area contributed by atoms with Crippen LogP contribution in [0.2, 0.25) is 0 Å². The van der Waals surface area contributed by atoms with Gasteiger partial charge in [0.2, 0.25) is 10.0 Å². The third-order valence-corrected chi connectivity index (χ3v) is 8.39. The topological polar surface area (TPSA) is 67.3 Å². The molecule has 6 heteroatoms. The number of nitrogens with zero attached hydrogens (tertiary/aromatic N) is 2. The highest BCUT2D eigenvalue weighted by Crippen LogP contribution is 2.70. The molecule has 2 bridgehead atoms. The Morgan fingerprint density at radius 1 is 1.36 bits per heavy atom. The van der Waals surface area contributed by atoms with E-state index in [1.165, 1.54) is 6.20 Å². The molecule has 1 amide bonds. The zero-order chi connectivity index (χ0) is 15.8. The summed E-state index contributed by atoms with van der Waals surface area (Å²) in [5.41, 5.74) is -0.0890. The van der Waals surface area contributed by atoms with Crippen molar-refractivity contribution in [2.45, 2.75) is 39.2 Å². The lowest BCUT2D eigenvalue weighted by Crippen LogP contribution is -2.44. The third kappa shape index (κ3) is 1.51. The highest BCUT2D eigenvalue weighted by atomic mass is 32.2. The van der Waals surface area contributed by atoms with Crippen molar-refractivity contribution in [2.24, 2.45) is 16.7 Å². The lowest BCUT2D eigenvalue weighted by molar-refractivity contribution is 0.0696. The fourth-order valence-corrected chi connectivity index (χ4v) is 7.68. The van der Waals surface area contributed by atoms with Gasteiger partial charge in [-0.1, -0.05) is 19.9 Å². The van der Waals surface area contributed by atoms with Crippen molar-refractivity contribution in [1.29, 1.82) is 0 Å². The molecule has 22 heavy (non-hydrogen) atoms. The standard InChI is InChI=1S/C16H20N2O3S/c1-15(2)11-6-7-16(15)10-22(20,21)18(13(16)9-11)14(19)12-5-3-4-8-17-12/h3-5,8,11,13H,6-7,9-10H2,1-2H3. The van der Waals surface area contributed by atoms with Gasteiger partial charge in [0.25, 0.3) is 5.91 Å². The molecular formula is C16H20N2O3S. The number of fused-ring (bicyclic) bond motifs is 1. The van der Waals surface area contributed by atoms with Crippen LogP contribution in [0.25, 0.3) is 0 Å². The van der Waals surface area contributed by atoms with Crippen LogP contribution in [0.5, 0.6) is 0 Å². The normalized spacial score (nSPS) is 37.3. The van der Waals surface area contributed by atoms with Crippen LogP contribution in [0.15, 0.2) is 24.4 Å². The molecule has 2 heterocycles. The summed E-state index contributed by atoms with van der Waals surface area (Å²) in [6.45, 7) is 4.35. The van der Waals surface area contributed by atoms with Gasteiger partial charge in [-0.2, -0.15) is 0 Å². The Morgan fingerprint density at radius 3 is 2.77 bits per heavy atom. The van der Waals surface area contributed by atoms with Crippen LogP contribution in [-0.4, -0.2) is 35.4 Å². The average molecular weight is 320 g/mol. The molecule has 0 aromatic carbocycles. The molecule has 1 aromatic rings. The van der Waals surface area contributed by atoms with Gasteiger partial charge in [0.15, 0.2) is 0 Å². The van der Waals surface area contributed by atoms with Gasteiger partial charge in [-0.05, 0) is 42.7 Å². The molecular weight excluding hydrogens is 300 g/mol. The van der Waals surface area contributed by atoms with E-state index < -0.39 is 15.9 Å². The Labute approximate surface area is 130 Å². The zero-order valence-electron chi connectivity index (χ0n) is 12.8. The summed E-state index contributed by atoms with van der Waals surface area (Å²) in [5.74, 6) is 0.144. The van der Waals surface area contributed by atoms with E-state index in [-0.39, 0.29) is 28.3 Å². The molecule has 2 saturated carbocycles. The number of hydrogen-bond donors (Lipinski definition) is 0. The average Bonchev–Trinajstić information content (AvgIpc) is 2.94. The van der Waals surface area contributed by atoms with E-state index in [4.69, 9.17) is 0 Å². The van der Waals surface area contributed by atoms with E-state index in [1.54, 1.807) is 18.2 Å². The second kappa shape index (κ2) is 4.10. The van der Waals surface area contributed by atoms with Gasteiger partial charge in [-0.3, -0.25) is 9.78 Å². The first-order chi connectivity index (χ1) is 10.3. The molecule has 3 aliphatic rings. The monoisotopic (exact) mass is 320 g/mol. The lowest BCUT2D eigenvalue weighted by atomic mass is 9.69. The number of hydrogen-bond acceptors (Lipinski definition) is 4. The first-order valence-electron chi connectivity index (χ1n) is 7.77. The summed E-state index contributed by atoms with van der Waals surface area (Å²) in [5, 5.41) is 0. The Bertz CT molecular complexity index is 744. The Kier molecular flexibility index (Phi) is 2.64. The molecule has 1 aromatic heterocycles. The van der Waals surface area contributed by atoms with Crippen LogP contribution in [0.1, 0.15) is 43.6 Å². The van der Waals surface area contributed by atoms with Crippen molar-refractivity contribution in [1.82, 2.24) is 9.29 Å². The van der Waals surface area contributed by atoms with Crippen LogP contribution >= 0.6 is 0 Å². The van der Waals surface area contributed by atoms with E-state index in [0.29, 0.717) is 5.92 Å². The fourth-order valence-electron chi connectivity index (χ4n) is 5.16. The second-order valence-electron chi connectivity index (χ2n) is 7.44. The van der Waals surface area contributed by atoms with E-state index in [1.807, 2.05) is 0 Å². The molecule has 1 saturated heterocycles. The predicted octanol–water partition coefficient (Wildman–Crippen LogP) is 2.06. The van der Waals surface area contributed by atoms with Crippen molar-refractivity contribution in [2.75, 3.05) is 5.75 Å². The molecule has 118 valence electrons. The Morgan fingerprint density at radius 2 is 2.14 bits per heavy atom. The smallest absolute Gasteiger partial charge is 0.266 e. The number of amides is 1. The molecule has 2 aliphatic carbocycles. The first-order valence-corrected chi connectivity index (χ1v) is 9.38. The van der Waals surface area contributed by atoms with Crippen LogP contribution in [0, 0.1) is 16.7 Å². The van der Waals surface area contributed by atoms with Gasteiger partial charge in [0.05, 0.1) is 11.8 Å². The SMILES string of the molecule is CC1(C)C2CCC13CS(=O)(=O)N(C(=O)c1ccccn1)C3C2. The fraction of sp³-hybridized carbons (Fsp3) is 0.625. The van der Waals surface area contributed by atoms with Crippen molar-refractivity contribution in [3.05, 3.63) is 30.1 Å². The van der Waals surface area contributed by atoms with Crippen molar-refractivity contribution in [3.63, 3.8) is 0 Å². The lowest BCUT2D eigenvalue weighted by Gasteiger charge is -2.37. The summed E-state index contributed by atoms with van der Waals surface area (Å²) < 4.78 is 26.6. The van der Waals surface area contributed by atoms with E-state index in [9.17, 15) is 13.2 Å². The molecule has 0 radical (unpaired) electrons. The summed E-state index contributed by atoms with van der Waals surface area (Å²) >= 11 is 0. The number of aromatic nitrogens is 1. The van der Waals surface area contributed by atoms with Crippen LogP contribution in [-0.2, 0) is 10.0 Å². The van der Waals surface area contributed by atoms with Gasteiger partial charge < -0.3 is 0 Å². The van der Waals surface area contributed by atoms with Gasteiger partial charge in [0.1, 0.15) is 5.69 Å². The molecule has 1 spiro atoms. The third-order valence-electron chi connectivity index (χ3n) is 6.50. The van der Waals surface area contributed by atoms with Gasteiger partial charge in [-0.25, -0.2) is 12.7 Å². The molecule has 4 rings (SSSR count). The molecule has 5 nitrogen and oxygen atoms in total. The molecule has 0 N–H and O–H groups in total. The molecule has 1 aliphatic heterocycles. The van der Waals surface area contributed by atoms with Gasteiger partial charge in [-0.15, -0.1) is 0 Å². The van der Waals surface area contributed by atoms with Crippen LogP contribution in [0.4, 0.5) is 0 Å². The zero-order valence-corrected chi connectivity index (χ0v) is 13.6. The Balaban J connectivity index is 1.80. The largest absolute Gasteiger partial charge is 0.286 e. The molecule has 3 unspecified atom stereocenters. The summed E-state index contributed by atoms with van der Waals surface area (Å²) in [6, 6.07) is 4.82. The number of carbonyl (C=O) groups is 1. The van der Waals surface area contributed by atoms with Crippen LogP contribution in [0.3, 0.4) is 0 Å². The second-order valence-corrected chi connectivity index (χ2v) is 9.28. The summed E-state index contributed by atoms with van der Waals surface area (Å²) in [7, 11) is -3.56. The maximum atomic E-state index is 12.8. The van der Waals surface area contributed by atoms with Gasteiger partial charge >= 0.3 is 0 Å². The van der Waals surface area contributed by atoms with Crippen LogP contribution < -0.4 is 0 Å². The van der Waals surface area contributed by atoms with Crippen molar-refractivity contribution >= 4 is 15.9 Å². The van der Waals surface area contributed by atoms with Crippen molar-refractivity contribution < 1.29 is 13.2 Å². The summed E-state index contributed by atoms with van der Waals surface area (Å²) in [6.07, 6.45) is 4.30. The maximum absolute atomic E-state index is 12.8. The minimum atomic E-state index is -3.56. The summed E-state index contributed by atoms with van der Waals surface area (Å²) in [4.78, 5) is 16.8. The first kappa shape index (κ1) is 14.2. The number of rotatable bonds is 1. The minimum absolute atomic E-state index is 0.0239. The quantitative estimate of drug-likeness (QED) is 0.794. The highest BCUT2D eigenvalue weighted by Gasteiger charge is 2.72. The van der Waals surface area contributed by atoms with Gasteiger partial charge in [0, 0.05) is 11.6 Å². The van der Waals surface area contributed by atoms with E-state index >= 15 is 0 Å². The molecule has 3 fully saturated rings. The number of carbonyl (C=O) groups excluding carboxylic acids is 1. The van der Waals surface area contributed by atoms with Crippen molar-refractivity contribution in [3.8, 4) is 0 Å². The maximum Gasteiger partial charge on any atom is 0.286 e. The number of pyridine rings is 1.